The molecule has 5 heteroatoms. The molecule has 0 fully saturated rings. The molecule has 0 spiro atoms. The average Bonchev–Trinajstić information content (AvgIpc) is 2.42. The van der Waals surface area contributed by atoms with Crippen LogP contribution in [0.2, 0.25) is 0 Å². The fourth-order valence-corrected chi connectivity index (χ4v) is 1.90. The van der Waals surface area contributed by atoms with Crippen LogP contribution in [-0.2, 0) is 16.0 Å². The van der Waals surface area contributed by atoms with E-state index < -0.39 is 12.0 Å². The highest BCUT2D eigenvalue weighted by atomic mass is 16.5. The molecule has 108 valence electrons. The van der Waals surface area contributed by atoms with Gasteiger partial charge in [0.05, 0.1) is 6.61 Å². The van der Waals surface area contributed by atoms with Crippen molar-refractivity contribution in [1.29, 1.82) is 0 Å². The van der Waals surface area contributed by atoms with Crippen molar-refractivity contribution in [3.8, 4) is 5.75 Å². The Morgan fingerprint density at radius 2 is 2.30 bits per heavy atom. The van der Waals surface area contributed by atoms with Gasteiger partial charge in [-0.1, -0.05) is 18.2 Å². The number of carbonyl (C=O) groups excluding carboxylic acids is 1. The van der Waals surface area contributed by atoms with Crippen LogP contribution in [0.4, 0.5) is 5.69 Å². The Morgan fingerprint density at radius 3 is 2.85 bits per heavy atom. The molecule has 0 amide bonds. The predicted molar refractivity (Wildman–Crippen MR) is 80.3 cm³/mol. The van der Waals surface area contributed by atoms with Crippen LogP contribution in [0.25, 0.3) is 6.08 Å². The quantitative estimate of drug-likeness (QED) is 0.616. The number of carbonyl (C=O) groups is 1. The van der Waals surface area contributed by atoms with Crippen LogP contribution < -0.4 is 5.73 Å². The Kier molecular flexibility index (Phi) is 5.93. The van der Waals surface area contributed by atoms with E-state index in [9.17, 15) is 9.90 Å². The molecule has 1 aromatic carbocycles. The highest BCUT2D eigenvalue weighted by Gasteiger charge is 2.18. The molecule has 0 saturated heterocycles. The van der Waals surface area contributed by atoms with Crippen molar-refractivity contribution in [3.05, 3.63) is 29.3 Å². The minimum Gasteiger partial charge on any atom is -0.506 e. The van der Waals surface area contributed by atoms with E-state index >= 15 is 0 Å². The number of phenols is 1. The van der Waals surface area contributed by atoms with Crippen LogP contribution in [0.3, 0.4) is 0 Å². The lowest BCUT2D eigenvalue weighted by Crippen LogP contribution is -2.34. The molecule has 1 rings (SSSR count). The second-order valence-electron chi connectivity index (χ2n) is 4.23. The van der Waals surface area contributed by atoms with Crippen LogP contribution in [0.5, 0.6) is 5.75 Å². The maximum Gasteiger partial charge on any atom is 0.323 e. The lowest BCUT2D eigenvalue weighted by atomic mass is 9.98. The van der Waals surface area contributed by atoms with E-state index in [1.165, 1.54) is 6.07 Å². The molecule has 0 saturated carbocycles. The minimum atomic E-state index is -0.749. The summed E-state index contributed by atoms with van der Waals surface area (Å²) >= 11 is 0. The van der Waals surface area contributed by atoms with Gasteiger partial charge in [-0.2, -0.15) is 0 Å². The number of benzene rings is 1. The summed E-state index contributed by atoms with van der Waals surface area (Å²) in [7, 11) is 0. The van der Waals surface area contributed by atoms with Crippen LogP contribution in [0.15, 0.2) is 23.2 Å². The van der Waals surface area contributed by atoms with Crippen LogP contribution >= 0.6 is 0 Å². The topological polar surface area (TPSA) is 84.9 Å². The van der Waals surface area contributed by atoms with Gasteiger partial charge in [0.15, 0.2) is 0 Å². The first-order valence-corrected chi connectivity index (χ1v) is 6.41. The number of aromatic hydroxyl groups is 1. The van der Waals surface area contributed by atoms with Gasteiger partial charge in [-0.3, -0.25) is 9.79 Å². The third kappa shape index (κ3) is 3.68. The summed E-state index contributed by atoms with van der Waals surface area (Å²) in [6, 6.07) is 2.49. The van der Waals surface area contributed by atoms with Gasteiger partial charge in [-0.05, 0) is 38.6 Å². The molecule has 20 heavy (non-hydrogen) atoms. The Hall–Kier alpha value is -2.14. The van der Waals surface area contributed by atoms with Crippen molar-refractivity contribution in [2.24, 2.45) is 10.7 Å². The predicted octanol–water partition coefficient (Wildman–Crippen LogP) is 2.19. The van der Waals surface area contributed by atoms with Crippen molar-refractivity contribution in [2.45, 2.75) is 26.3 Å². The summed E-state index contributed by atoms with van der Waals surface area (Å²) in [6.45, 7) is 7.33. The Bertz CT molecular complexity index is 524. The number of ether oxygens (including phenoxy) is 1. The summed E-state index contributed by atoms with van der Waals surface area (Å²) in [5.74, 6) is -0.401. The molecule has 0 heterocycles. The van der Waals surface area contributed by atoms with Gasteiger partial charge in [0.25, 0.3) is 0 Å². The molecule has 1 unspecified atom stereocenters. The van der Waals surface area contributed by atoms with E-state index in [0.29, 0.717) is 24.3 Å². The van der Waals surface area contributed by atoms with Crippen molar-refractivity contribution in [3.63, 3.8) is 0 Å². The van der Waals surface area contributed by atoms with Gasteiger partial charge in [0.2, 0.25) is 0 Å². The second-order valence-corrected chi connectivity index (χ2v) is 4.23. The number of esters is 1. The van der Waals surface area contributed by atoms with E-state index in [4.69, 9.17) is 10.5 Å². The first-order chi connectivity index (χ1) is 9.54. The van der Waals surface area contributed by atoms with Gasteiger partial charge < -0.3 is 15.6 Å². The lowest BCUT2D eigenvalue weighted by Gasteiger charge is -2.14. The number of hydrogen-bond acceptors (Lipinski definition) is 5. The van der Waals surface area contributed by atoms with E-state index in [1.807, 2.05) is 13.0 Å². The molecule has 0 aromatic heterocycles. The smallest absolute Gasteiger partial charge is 0.323 e. The van der Waals surface area contributed by atoms with Gasteiger partial charge in [-0.25, -0.2) is 0 Å². The summed E-state index contributed by atoms with van der Waals surface area (Å²) in [5, 5.41) is 9.78. The first kappa shape index (κ1) is 15.9. The molecular weight excluding hydrogens is 256 g/mol. The van der Waals surface area contributed by atoms with Crippen molar-refractivity contribution < 1.29 is 14.6 Å². The fraction of sp³-hybridized carbons (Fsp3) is 0.333. The van der Waals surface area contributed by atoms with Crippen LogP contribution in [0.1, 0.15) is 25.0 Å². The molecule has 5 nitrogen and oxygen atoms in total. The van der Waals surface area contributed by atoms with Gasteiger partial charge >= 0.3 is 5.97 Å². The largest absolute Gasteiger partial charge is 0.506 e. The van der Waals surface area contributed by atoms with Crippen LogP contribution in [0, 0.1) is 0 Å². The first-order valence-electron chi connectivity index (χ1n) is 6.41. The zero-order valence-electron chi connectivity index (χ0n) is 11.8. The normalized spacial score (nSPS) is 12.3. The molecular formula is C15H20N2O3. The van der Waals surface area contributed by atoms with Crippen molar-refractivity contribution >= 4 is 24.5 Å². The van der Waals surface area contributed by atoms with Crippen molar-refractivity contribution in [1.82, 2.24) is 0 Å². The maximum absolute atomic E-state index is 11.6. The minimum absolute atomic E-state index is 0.0431. The van der Waals surface area contributed by atoms with Gasteiger partial charge in [-0.15, -0.1) is 0 Å². The summed E-state index contributed by atoms with van der Waals surface area (Å²) < 4.78 is 4.89. The number of phenolic OH excluding ortho intramolecular Hbond substituents is 1. The molecule has 0 aliphatic carbocycles. The van der Waals surface area contributed by atoms with E-state index in [-0.39, 0.29) is 5.75 Å². The zero-order chi connectivity index (χ0) is 15.1. The number of hydrogen-bond donors (Lipinski definition) is 2. The number of nitrogens with zero attached hydrogens (tertiary/aromatic N) is 1. The highest BCUT2D eigenvalue weighted by molar-refractivity contribution is 5.78. The molecule has 0 bridgehead atoms. The summed E-state index contributed by atoms with van der Waals surface area (Å²) in [4.78, 5) is 15.4. The maximum atomic E-state index is 11.6. The SMILES string of the molecule is C=Nc1c(O)ccc(CC(N)C(=O)OCC)c1/C=C\C. The summed E-state index contributed by atoms with van der Waals surface area (Å²) in [5.41, 5.74) is 7.73. The fourth-order valence-electron chi connectivity index (χ4n) is 1.90. The van der Waals surface area contributed by atoms with Gasteiger partial charge in [0.1, 0.15) is 17.5 Å². The number of nitrogens with two attached hydrogens (primary N) is 1. The standard InChI is InChI=1S/C15H20N2O3/c1-4-6-11-10(7-8-13(18)14(11)17-3)9-12(16)15(19)20-5-2/h4,6-8,12,18H,3,5,9,16H2,1-2H3/b6-4-. The number of aliphatic imine (C=N–C) groups is 1. The monoisotopic (exact) mass is 276 g/mol. The number of rotatable bonds is 6. The van der Waals surface area contributed by atoms with Gasteiger partial charge in [0, 0.05) is 5.56 Å². The molecule has 0 aliphatic heterocycles. The molecule has 0 radical (unpaired) electrons. The van der Waals surface area contributed by atoms with E-state index in [2.05, 4.69) is 11.7 Å². The van der Waals surface area contributed by atoms with Crippen LogP contribution in [-0.4, -0.2) is 30.4 Å². The highest BCUT2D eigenvalue weighted by Crippen LogP contribution is 2.34. The van der Waals surface area contributed by atoms with E-state index in [0.717, 1.165) is 5.56 Å². The number of allylic oxidation sites excluding steroid dienone is 1. The van der Waals surface area contributed by atoms with E-state index in [1.54, 1.807) is 19.1 Å². The Balaban J connectivity index is 3.12. The second kappa shape index (κ2) is 7.45. The third-order valence-corrected chi connectivity index (χ3v) is 2.81. The Morgan fingerprint density at radius 1 is 1.60 bits per heavy atom. The van der Waals surface area contributed by atoms with Crippen molar-refractivity contribution in [2.75, 3.05) is 6.61 Å². The molecule has 1 aromatic rings. The summed E-state index contributed by atoms with van der Waals surface area (Å²) in [6.07, 6.45) is 3.93. The third-order valence-electron chi connectivity index (χ3n) is 2.81. The Labute approximate surface area is 118 Å². The molecule has 0 aliphatic rings. The molecule has 3 N–H and O–H groups in total. The zero-order valence-corrected chi connectivity index (χ0v) is 11.8. The average molecular weight is 276 g/mol. The lowest BCUT2D eigenvalue weighted by molar-refractivity contribution is -0.144. The molecule has 1 atom stereocenters.